The van der Waals surface area contributed by atoms with E-state index in [1.165, 1.54) is 41.6 Å². The van der Waals surface area contributed by atoms with Gasteiger partial charge in [0.05, 0.1) is 11.9 Å². The van der Waals surface area contributed by atoms with Gasteiger partial charge >= 0.3 is 5.97 Å². The highest BCUT2D eigenvalue weighted by atomic mass is 19.1. The lowest BCUT2D eigenvalue weighted by molar-refractivity contribution is -0.142. The van der Waals surface area contributed by atoms with Gasteiger partial charge < -0.3 is 15.0 Å². The van der Waals surface area contributed by atoms with Crippen LogP contribution in [-0.4, -0.2) is 51.3 Å². The first kappa shape index (κ1) is 21.9. The molecule has 0 radical (unpaired) electrons. The number of rotatable bonds is 6. The van der Waals surface area contributed by atoms with Gasteiger partial charge in [-0.15, -0.1) is 0 Å². The lowest BCUT2D eigenvalue weighted by Crippen LogP contribution is -2.50. The molecule has 154 valence electrons. The number of carbonyl (C=O) groups excluding carboxylic acids is 3. The number of nitrogens with zero attached hydrogens (tertiary/aromatic N) is 3. The summed E-state index contributed by atoms with van der Waals surface area (Å²) in [7, 11) is 0. The maximum Gasteiger partial charge on any atom is 0.359 e. The van der Waals surface area contributed by atoms with Crippen molar-refractivity contribution in [3.63, 3.8) is 0 Å². The summed E-state index contributed by atoms with van der Waals surface area (Å²) in [6, 6.07) is 5.27. The van der Waals surface area contributed by atoms with Crippen molar-refractivity contribution in [2.45, 2.75) is 33.2 Å². The van der Waals surface area contributed by atoms with Crippen molar-refractivity contribution in [3.05, 3.63) is 53.9 Å². The van der Waals surface area contributed by atoms with Gasteiger partial charge in [0.15, 0.2) is 12.3 Å². The van der Waals surface area contributed by atoms with Crippen LogP contribution in [0.15, 0.2) is 36.7 Å². The van der Waals surface area contributed by atoms with Crippen LogP contribution in [0.25, 0.3) is 0 Å². The molecule has 0 unspecified atom stereocenters. The summed E-state index contributed by atoms with van der Waals surface area (Å²) in [6.07, 6.45) is 2.68. The summed E-state index contributed by atoms with van der Waals surface area (Å²) in [5, 5.41) is 2.60. The Balaban J connectivity index is 1.98. The summed E-state index contributed by atoms with van der Waals surface area (Å²) < 4.78 is 18.0. The minimum Gasteiger partial charge on any atom is -0.451 e. The number of aromatic nitrogens is 2. The van der Waals surface area contributed by atoms with Crippen LogP contribution in [0.3, 0.4) is 0 Å². The molecule has 8 nitrogen and oxygen atoms in total. The summed E-state index contributed by atoms with van der Waals surface area (Å²) in [4.78, 5) is 46.1. The zero-order valence-electron chi connectivity index (χ0n) is 16.7. The molecule has 2 aromatic rings. The molecule has 1 heterocycles. The number of hydrogen-bond donors (Lipinski definition) is 1. The number of amides is 2. The molecule has 0 fully saturated rings. The smallest absolute Gasteiger partial charge is 0.359 e. The van der Waals surface area contributed by atoms with E-state index in [1.807, 2.05) is 0 Å². The summed E-state index contributed by atoms with van der Waals surface area (Å²) in [5.41, 5.74) is 0.332. The third-order valence-corrected chi connectivity index (χ3v) is 3.86. The third kappa shape index (κ3) is 6.63. The predicted molar refractivity (Wildman–Crippen MR) is 104 cm³/mol. The number of halogens is 1. The van der Waals surface area contributed by atoms with Gasteiger partial charge in [-0.25, -0.2) is 14.2 Å². The van der Waals surface area contributed by atoms with E-state index in [1.54, 1.807) is 27.7 Å². The van der Waals surface area contributed by atoms with Crippen LogP contribution in [0.1, 0.15) is 37.0 Å². The second-order valence-corrected chi connectivity index (χ2v) is 7.32. The molecule has 0 aliphatic rings. The summed E-state index contributed by atoms with van der Waals surface area (Å²) in [5.74, 6) is -2.21. The number of benzene rings is 1. The maximum atomic E-state index is 13.0. The molecule has 9 heteroatoms. The number of aryl methyl sites for hydroxylation is 1. The van der Waals surface area contributed by atoms with E-state index < -0.39 is 35.7 Å². The molecule has 0 saturated heterocycles. The van der Waals surface area contributed by atoms with Gasteiger partial charge in [0, 0.05) is 17.4 Å². The Morgan fingerprint density at radius 2 is 1.76 bits per heavy atom. The van der Waals surface area contributed by atoms with E-state index in [2.05, 4.69) is 15.3 Å². The Morgan fingerprint density at radius 3 is 2.31 bits per heavy atom. The Hall–Kier alpha value is -3.36. The van der Waals surface area contributed by atoms with Gasteiger partial charge in [-0.05, 0) is 52.0 Å². The Labute approximate surface area is 168 Å². The van der Waals surface area contributed by atoms with Crippen molar-refractivity contribution in [3.8, 4) is 0 Å². The largest absolute Gasteiger partial charge is 0.451 e. The molecule has 1 N–H and O–H groups in total. The lowest BCUT2D eigenvalue weighted by atomic mass is 10.1. The number of ether oxygens (including phenoxy) is 1. The molecule has 29 heavy (non-hydrogen) atoms. The summed E-state index contributed by atoms with van der Waals surface area (Å²) in [6.45, 7) is 6.18. The maximum absolute atomic E-state index is 13.0. The number of carbonyl (C=O) groups is 3. The monoisotopic (exact) mass is 402 g/mol. The second-order valence-electron chi connectivity index (χ2n) is 7.32. The van der Waals surface area contributed by atoms with E-state index >= 15 is 0 Å². The van der Waals surface area contributed by atoms with Gasteiger partial charge in [-0.3, -0.25) is 14.6 Å². The van der Waals surface area contributed by atoms with Gasteiger partial charge in [0.25, 0.3) is 5.91 Å². The molecule has 0 aliphatic carbocycles. The highest BCUT2D eigenvalue weighted by Crippen LogP contribution is 2.15. The Bertz CT molecular complexity index is 877. The number of nitrogens with one attached hydrogen (secondary N) is 1. The van der Waals surface area contributed by atoms with Crippen molar-refractivity contribution >= 4 is 23.5 Å². The number of esters is 1. The zero-order valence-corrected chi connectivity index (χ0v) is 16.7. The molecule has 0 bridgehead atoms. The first-order valence-electron chi connectivity index (χ1n) is 8.88. The number of anilines is 1. The van der Waals surface area contributed by atoms with E-state index in [4.69, 9.17) is 4.74 Å². The van der Waals surface area contributed by atoms with Crippen molar-refractivity contribution in [1.82, 2.24) is 14.9 Å². The van der Waals surface area contributed by atoms with E-state index in [0.717, 1.165) is 0 Å². The minimum atomic E-state index is -0.782. The number of hydrogen-bond acceptors (Lipinski definition) is 6. The normalized spacial score (nSPS) is 10.9. The quantitative estimate of drug-likeness (QED) is 0.745. The average Bonchev–Trinajstić information content (AvgIpc) is 2.65. The predicted octanol–water partition coefficient (Wildman–Crippen LogP) is 2.35. The minimum absolute atomic E-state index is 0.0141. The average molecular weight is 402 g/mol. The molecular formula is C20H23FN4O4. The van der Waals surface area contributed by atoms with Crippen molar-refractivity contribution in [2.24, 2.45) is 0 Å². The van der Waals surface area contributed by atoms with Crippen LogP contribution in [0.2, 0.25) is 0 Å². The Kier molecular flexibility index (Phi) is 6.98. The first-order chi connectivity index (χ1) is 13.6. The van der Waals surface area contributed by atoms with Gasteiger partial charge in [0.2, 0.25) is 5.91 Å². The van der Waals surface area contributed by atoms with Crippen LogP contribution in [0, 0.1) is 12.7 Å². The molecule has 0 spiro atoms. The molecule has 2 rings (SSSR count). The standard InChI is InChI=1S/C20H23FN4O4/c1-13-9-23-16(10-22-13)19(28)29-12-18(27)25(20(2,3)4)11-17(26)24-15-7-5-14(21)6-8-15/h5-10H,11-12H2,1-4H3,(H,24,26). The molecular weight excluding hydrogens is 379 g/mol. The highest BCUT2D eigenvalue weighted by molar-refractivity contribution is 5.95. The summed E-state index contributed by atoms with van der Waals surface area (Å²) >= 11 is 0. The van der Waals surface area contributed by atoms with Gasteiger partial charge in [-0.2, -0.15) is 0 Å². The van der Waals surface area contributed by atoms with Gasteiger partial charge in [0.1, 0.15) is 12.4 Å². The van der Waals surface area contributed by atoms with Crippen LogP contribution in [-0.2, 0) is 14.3 Å². The topological polar surface area (TPSA) is 101 Å². The van der Waals surface area contributed by atoms with E-state index in [9.17, 15) is 18.8 Å². The Morgan fingerprint density at radius 1 is 1.10 bits per heavy atom. The SMILES string of the molecule is Cc1cnc(C(=O)OCC(=O)N(CC(=O)Nc2ccc(F)cc2)C(C)(C)C)cn1. The van der Waals surface area contributed by atoms with Crippen LogP contribution in [0.4, 0.5) is 10.1 Å². The lowest BCUT2D eigenvalue weighted by Gasteiger charge is -2.35. The van der Waals surface area contributed by atoms with Crippen LogP contribution in [0.5, 0.6) is 0 Å². The van der Waals surface area contributed by atoms with Crippen molar-refractivity contribution in [1.29, 1.82) is 0 Å². The van der Waals surface area contributed by atoms with Crippen LogP contribution >= 0.6 is 0 Å². The van der Waals surface area contributed by atoms with Gasteiger partial charge in [-0.1, -0.05) is 0 Å². The van der Waals surface area contributed by atoms with Crippen molar-refractivity contribution < 1.29 is 23.5 Å². The second kappa shape index (κ2) is 9.22. The molecule has 1 aromatic heterocycles. The van der Waals surface area contributed by atoms with Crippen molar-refractivity contribution in [2.75, 3.05) is 18.5 Å². The molecule has 1 aromatic carbocycles. The molecule has 2 amide bonds. The van der Waals surface area contributed by atoms with E-state index in [-0.39, 0.29) is 12.2 Å². The fourth-order valence-corrected chi connectivity index (χ4v) is 2.35. The van der Waals surface area contributed by atoms with Crippen LogP contribution < -0.4 is 5.32 Å². The zero-order chi connectivity index (χ0) is 21.6. The third-order valence-electron chi connectivity index (χ3n) is 3.86. The fourth-order valence-electron chi connectivity index (χ4n) is 2.35. The molecule has 0 atom stereocenters. The molecule has 0 saturated carbocycles. The first-order valence-corrected chi connectivity index (χ1v) is 8.88. The van der Waals surface area contributed by atoms with E-state index in [0.29, 0.717) is 11.4 Å². The molecule has 0 aliphatic heterocycles. The fraction of sp³-hybridized carbons (Fsp3) is 0.350. The highest BCUT2D eigenvalue weighted by Gasteiger charge is 2.29.